The number of unbranched alkanes of at least 4 members (excludes halogenated alkanes) is 4. The highest BCUT2D eigenvalue weighted by Crippen LogP contribution is 2.05. The zero-order valence-corrected chi connectivity index (χ0v) is 20.0. The molecule has 0 aliphatic heterocycles. The van der Waals surface area contributed by atoms with E-state index < -0.39 is 0 Å². The van der Waals surface area contributed by atoms with Gasteiger partial charge in [-0.05, 0) is 18.6 Å². The SMILES string of the molecule is CCCCCCCC(=O)OCCOCCOCCOCCOCCOC(=O)c1ccccc1. The third-order valence-corrected chi connectivity index (χ3v) is 4.56. The average molecular weight is 469 g/mol. The van der Waals surface area contributed by atoms with Gasteiger partial charge in [-0.2, -0.15) is 0 Å². The molecule has 0 unspecified atom stereocenters. The first-order valence-electron chi connectivity index (χ1n) is 11.9. The van der Waals surface area contributed by atoms with Crippen LogP contribution in [0.15, 0.2) is 30.3 Å². The van der Waals surface area contributed by atoms with E-state index in [0.717, 1.165) is 12.8 Å². The Morgan fingerprint density at radius 2 is 1.09 bits per heavy atom. The molecule has 0 aromatic heterocycles. The molecule has 0 fully saturated rings. The molecule has 8 nitrogen and oxygen atoms in total. The van der Waals surface area contributed by atoms with Crippen LogP contribution >= 0.6 is 0 Å². The highest BCUT2D eigenvalue weighted by Gasteiger charge is 2.05. The van der Waals surface area contributed by atoms with Crippen LogP contribution in [0.25, 0.3) is 0 Å². The Balaban J connectivity index is 1.74. The summed E-state index contributed by atoms with van der Waals surface area (Å²) in [7, 11) is 0. The molecule has 0 N–H and O–H groups in total. The van der Waals surface area contributed by atoms with Crippen LogP contribution in [0, 0.1) is 0 Å². The normalized spacial score (nSPS) is 10.8. The van der Waals surface area contributed by atoms with E-state index in [1.807, 2.05) is 6.07 Å². The Kier molecular flexibility index (Phi) is 19.2. The number of benzene rings is 1. The molecular weight excluding hydrogens is 428 g/mol. The maximum absolute atomic E-state index is 11.7. The first kappa shape index (κ1) is 29.0. The maximum atomic E-state index is 11.7. The number of carbonyl (C=O) groups is 2. The predicted molar refractivity (Wildman–Crippen MR) is 124 cm³/mol. The molecule has 188 valence electrons. The van der Waals surface area contributed by atoms with E-state index in [1.165, 1.54) is 19.3 Å². The number of ether oxygens (including phenoxy) is 6. The van der Waals surface area contributed by atoms with Crippen molar-refractivity contribution in [1.82, 2.24) is 0 Å². The van der Waals surface area contributed by atoms with E-state index in [1.54, 1.807) is 24.3 Å². The third-order valence-electron chi connectivity index (χ3n) is 4.56. The highest BCUT2D eigenvalue weighted by atomic mass is 16.6. The van der Waals surface area contributed by atoms with E-state index in [9.17, 15) is 9.59 Å². The van der Waals surface area contributed by atoms with Crippen molar-refractivity contribution in [3.05, 3.63) is 35.9 Å². The van der Waals surface area contributed by atoms with E-state index >= 15 is 0 Å². The first-order valence-corrected chi connectivity index (χ1v) is 11.9. The lowest BCUT2D eigenvalue weighted by Gasteiger charge is -2.08. The van der Waals surface area contributed by atoms with Gasteiger partial charge < -0.3 is 28.4 Å². The summed E-state index contributed by atoms with van der Waals surface area (Å²) in [5, 5.41) is 0. The van der Waals surface area contributed by atoms with Gasteiger partial charge in [0.05, 0.1) is 58.4 Å². The quantitative estimate of drug-likeness (QED) is 0.187. The van der Waals surface area contributed by atoms with E-state index in [2.05, 4.69) is 6.92 Å². The molecule has 1 rings (SSSR count). The van der Waals surface area contributed by atoms with Crippen molar-refractivity contribution in [2.24, 2.45) is 0 Å². The fraction of sp³-hybridized carbons (Fsp3) is 0.680. The fourth-order valence-corrected chi connectivity index (χ4v) is 2.77. The molecule has 0 spiro atoms. The summed E-state index contributed by atoms with van der Waals surface area (Å²) in [4.78, 5) is 23.3. The molecule has 0 saturated heterocycles. The van der Waals surface area contributed by atoms with Gasteiger partial charge in [0.25, 0.3) is 0 Å². The topological polar surface area (TPSA) is 89.5 Å². The van der Waals surface area contributed by atoms with Crippen molar-refractivity contribution in [3.8, 4) is 0 Å². The van der Waals surface area contributed by atoms with Gasteiger partial charge in [0.15, 0.2) is 0 Å². The van der Waals surface area contributed by atoms with Crippen molar-refractivity contribution >= 4 is 11.9 Å². The molecule has 0 bridgehead atoms. The fourth-order valence-electron chi connectivity index (χ4n) is 2.77. The van der Waals surface area contributed by atoms with Gasteiger partial charge in [0.1, 0.15) is 13.2 Å². The lowest BCUT2D eigenvalue weighted by molar-refractivity contribution is -0.145. The minimum absolute atomic E-state index is 0.152. The largest absolute Gasteiger partial charge is 0.463 e. The van der Waals surface area contributed by atoms with Crippen molar-refractivity contribution in [3.63, 3.8) is 0 Å². The molecule has 1 aromatic carbocycles. The Hall–Kier alpha value is -2.00. The molecular formula is C25H40O8. The zero-order valence-electron chi connectivity index (χ0n) is 20.0. The minimum Gasteiger partial charge on any atom is -0.463 e. The molecule has 0 aliphatic rings. The molecule has 33 heavy (non-hydrogen) atoms. The zero-order chi connectivity index (χ0) is 23.8. The van der Waals surface area contributed by atoms with Crippen molar-refractivity contribution < 1.29 is 38.0 Å². The van der Waals surface area contributed by atoms with Crippen LogP contribution < -0.4 is 0 Å². The summed E-state index contributed by atoms with van der Waals surface area (Å²) < 4.78 is 31.8. The van der Waals surface area contributed by atoms with Crippen molar-refractivity contribution in [1.29, 1.82) is 0 Å². The Labute approximate surface area is 197 Å². The van der Waals surface area contributed by atoms with Crippen LogP contribution in [0.5, 0.6) is 0 Å². The number of rotatable bonds is 22. The summed E-state index contributed by atoms with van der Waals surface area (Å²) in [6.45, 7) is 6.04. The summed E-state index contributed by atoms with van der Waals surface area (Å²) in [6.07, 6.45) is 6.07. The molecule has 0 radical (unpaired) electrons. The highest BCUT2D eigenvalue weighted by molar-refractivity contribution is 5.89. The Morgan fingerprint density at radius 1 is 0.606 bits per heavy atom. The molecule has 0 aliphatic carbocycles. The molecule has 0 atom stereocenters. The maximum Gasteiger partial charge on any atom is 0.338 e. The summed E-state index contributed by atoms with van der Waals surface area (Å²) >= 11 is 0. The molecule has 0 heterocycles. The first-order chi connectivity index (χ1) is 16.2. The second-order valence-corrected chi connectivity index (χ2v) is 7.34. The summed E-state index contributed by atoms with van der Waals surface area (Å²) in [6, 6.07) is 8.84. The van der Waals surface area contributed by atoms with E-state index in [-0.39, 0.29) is 25.2 Å². The van der Waals surface area contributed by atoms with Gasteiger partial charge >= 0.3 is 11.9 Å². The number of hydrogen-bond acceptors (Lipinski definition) is 8. The van der Waals surface area contributed by atoms with Gasteiger partial charge in [-0.1, -0.05) is 50.8 Å². The molecule has 0 amide bonds. The van der Waals surface area contributed by atoms with Crippen LogP contribution in [-0.4, -0.2) is 78.0 Å². The Bertz CT molecular complexity index is 593. The third kappa shape index (κ3) is 18.1. The van der Waals surface area contributed by atoms with Gasteiger partial charge in [-0.25, -0.2) is 4.79 Å². The minimum atomic E-state index is -0.356. The van der Waals surface area contributed by atoms with Gasteiger partial charge in [-0.15, -0.1) is 0 Å². The smallest absolute Gasteiger partial charge is 0.338 e. The second kappa shape index (κ2) is 21.8. The van der Waals surface area contributed by atoms with Crippen molar-refractivity contribution in [2.45, 2.75) is 45.4 Å². The number of esters is 2. The van der Waals surface area contributed by atoms with Crippen LogP contribution in [0.2, 0.25) is 0 Å². The number of carbonyl (C=O) groups excluding carboxylic acids is 2. The predicted octanol–water partition coefficient (Wildman–Crippen LogP) is 3.81. The van der Waals surface area contributed by atoms with Gasteiger partial charge in [-0.3, -0.25) is 4.79 Å². The number of hydrogen-bond donors (Lipinski definition) is 0. The van der Waals surface area contributed by atoms with Crippen LogP contribution in [-0.2, 0) is 33.2 Å². The standard InChI is InChI=1S/C25H40O8/c1-2-3-4-5-9-12-24(26)32-21-19-30-17-15-28-13-14-29-16-18-31-20-22-33-25(27)23-10-7-6-8-11-23/h6-8,10-11H,2-5,9,12-22H2,1H3. The molecule has 0 saturated carbocycles. The molecule has 1 aromatic rings. The lowest BCUT2D eigenvalue weighted by Crippen LogP contribution is -2.15. The lowest BCUT2D eigenvalue weighted by atomic mass is 10.1. The van der Waals surface area contributed by atoms with E-state index in [4.69, 9.17) is 28.4 Å². The monoisotopic (exact) mass is 468 g/mol. The molecule has 8 heteroatoms. The van der Waals surface area contributed by atoms with Gasteiger partial charge in [0, 0.05) is 6.42 Å². The van der Waals surface area contributed by atoms with Crippen LogP contribution in [0.3, 0.4) is 0 Å². The summed E-state index contributed by atoms with van der Waals surface area (Å²) in [5.74, 6) is -0.508. The van der Waals surface area contributed by atoms with Crippen LogP contribution in [0.1, 0.15) is 55.8 Å². The second-order valence-electron chi connectivity index (χ2n) is 7.34. The van der Waals surface area contributed by atoms with Gasteiger partial charge in [0.2, 0.25) is 0 Å². The van der Waals surface area contributed by atoms with E-state index in [0.29, 0.717) is 64.8 Å². The van der Waals surface area contributed by atoms with Crippen LogP contribution in [0.4, 0.5) is 0 Å². The summed E-state index contributed by atoms with van der Waals surface area (Å²) in [5.41, 5.74) is 0.526. The van der Waals surface area contributed by atoms with Crippen molar-refractivity contribution in [2.75, 3.05) is 66.1 Å². The average Bonchev–Trinajstić information content (AvgIpc) is 2.84. The Morgan fingerprint density at radius 3 is 1.64 bits per heavy atom.